The van der Waals surface area contributed by atoms with Crippen molar-refractivity contribution in [2.24, 2.45) is 0 Å². The highest BCUT2D eigenvalue weighted by molar-refractivity contribution is 7.90. The number of rotatable bonds is 5. The van der Waals surface area contributed by atoms with E-state index in [0.29, 0.717) is 19.4 Å². The van der Waals surface area contributed by atoms with Crippen LogP contribution in [-0.2, 0) is 20.2 Å². The third-order valence-corrected chi connectivity index (χ3v) is 8.08. The van der Waals surface area contributed by atoms with Gasteiger partial charge in [0, 0.05) is 33.2 Å². The predicted molar refractivity (Wildman–Crippen MR) is 81.5 cm³/mol. The first kappa shape index (κ1) is 17.1. The maximum absolute atomic E-state index is 12.4. The Balaban J connectivity index is 2.06. The Kier molecular flexibility index (Phi) is 5.30. The summed E-state index contributed by atoms with van der Waals surface area (Å²) in [5, 5.41) is -0.651. The third kappa shape index (κ3) is 3.95. The lowest BCUT2D eigenvalue weighted by atomic mass is 10.2. The second-order valence-electron chi connectivity index (χ2n) is 6.06. The molecule has 124 valence electrons. The van der Waals surface area contributed by atoms with E-state index in [9.17, 15) is 16.8 Å². The van der Waals surface area contributed by atoms with Crippen molar-refractivity contribution < 1.29 is 16.8 Å². The van der Waals surface area contributed by atoms with E-state index in [2.05, 4.69) is 4.72 Å². The average Bonchev–Trinajstić information content (AvgIpc) is 2.91. The molecule has 0 aromatic carbocycles. The van der Waals surface area contributed by atoms with Gasteiger partial charge in [0.1, 0.15) is 0 Å². The number of hydrogen-bond acceptors (Lipinski definition) is 4. The lowest BCUT2D eigenvalue weighted by molar-refractivity contribution is 0.323. The van der Waals surface area contributed by atoms with Gasteiger partial charge in [0.2, 0.25) is 10.0 Å². The summed E-state index contributed by atoms with van der Waals surface area (Å²) in [6.07, 6.45) is 4.96. The summed E-state index contributed by atoms with van der Waals surface area (Å²) in [6.45, 7) is 0.429. The van der Waals surface area contributed by atoms with Crippen LogP contribution in [-0.4, -0.2) is 63.9 Å². The quantitative estimate of drug-likeness (QED) is 0.771. The highest BCUT2D eigenvalue weighted by Crippen LogP contribution is 2.23. The molecule has 1 aliphatic heterocycles. The van der Waals surface area contributed by atoms with Crippen LogP contribution in [0.3, 0.4) is 0 Å². The summed E-state index contributed by atoms with van der Waals surface area (Å²) in [6, 6.07) is 0.0239. The van der Waals surface area contributed by atoms with E-state index in [1.54, 1.807) is 0 Å². The fourth-order valence-electron chi connectivity index (χ4n) is 2.97. The third-order valence-electron chi connectivity index (χ3n) is 4.25. The molecular weight excluding hydrogens is 314 g/mol. The van der Waals surface area contributed by atoms with Crippen LogP contribution in [0.25, 0.3) is 0 Å². The molecule has 1 atom stereocenters. The molecule has 0 bridgehead atoms. The van der Waals surface area contributed by atoms with E-state index in [0.717, 1.165) is 30.0 Å². The largest absolute Gasteiger partial charge is 0.281 e. The molecule has 1 saturated heterocycles. The number of piperidine rings is 1. The second kappa shape index (κ2) is 6.49. The standard InChI is InChI=1S/C12H25N3O4S2/c1-14(2)21(18,19)15-9-5-8-12(10-15)20(16,17)13-11-6-3-4-7-11/h11-13H,3-10H2,1-2H3/t12-/m0/s1. The summed E-state index contributed by atoms with van der Waals surface area (Å²) >= 11 is 0. The molecule has 0 aromatic heterocycles. The van der Waals surface area contributed by atoms with Crippen molar-refractivity contribution in [3.8, 4) is 0 Å². The van der Waals surface area contributed by atoms with Crippen LogP contribution in [0.15, 0.2) is 0 Å². The van der Waals surface area contributed by atoms with Crippen LogP contribution in [0.4, 0.5) is 0 Å². The molecule has 0 spiro atoms. The van der Waals surface area contributed by atoms with Gasteiger partial charge in [0.25, 0.3) is 10.2 Å². The number of nitrogens with one attached hydrogen (secondary N) is 1. The van der Waals surface area contributed by atoms with Gasteiger partial charge in [-0.2, -0.15) is 17.0 Å². The molecule has 0 aromatic rings. The SMILES string of the molecule is CN(C)S(=O)(=O)N1CCC[C@H](S(=O)(=O)NC2CCCC2)C1. The fraction of sp³-hybridized carbons (Fsp3) is 1.00. The van der Waals surface area contributed by atoms with Crippen molar-refractivity contribution in [1.82, 2.24) is 13.3 Å². The first-order valence-electron chi connectivity index (χ1n) is 7.42. The molecule has 21 heavy (non-hydrogen) atoms. The molecule has 9 heteroatoms. The van der Waals surface area contributed by atoms with Gasteiger partial charge in [-0.3, -0.25) is 0 Å². The Bertz CT molecular complexity index is 553. The van der Waals surface area contributed by atoms with E-state index >= 15 is 0 Å². The van der Waals surface area contributed by atoms with Gasteiger partial charge >= 0.3 is 0 Å². The van der Waals surface area contributed by atoms with Crippen molar-refractivity contribution in [3.05, 3.63) is 0 Å². The van der Waals surface area contributed by atoms with Gasteiger partial charge in [0.15, 0.2) is 0 Å². The van der Waals surface area contributed by atoms with Gasteiger partial charge in [-0.25, -0.2) is 13.1 Å². The summed E-state index contributed by atoms with van der Waals surface area (Å²) in [7, 11) is -4.08. The Labute approximate surface area is 127 Å². The molecule has 1 heterocycles. The first-order chi connectivity index (χ1) is 9.73. The van der Waals surface area contributed by atoms with Gasteiger partial charge in [-0.1, -0.05) is 12.8 Å². The molecule has 1 saturated carbocycles. The Hall–Kier alpha value is -0.220. The highest BCUT2D eigenvalue weighted by atomic mass is 32.2. The molecule has 1 N–H and O–H groups in total. The van der Waals surface area contributed by atoms with E-state index in [1.165, 1.54) is 18.4 Å². The molecule has 1 aliphatic carbocycles. The summed E-state index contributed by atoms with van der Waals surface area (Å²) in [5.74, 6) is 0. The minimum Gasteiger partial charge on any atom is -0.212 e. The van der Waals surface area contributed by atoms with Gasteiger partial charge in [-0.15, -0.1) is 0 Å². The lowest BCUT2D eigenvalue weighted by Crippen LogP contribution is -2.52. The molecule has 0 unspecified atom stereocenters. The van der Waals surface area contributed by atoms with Gasteiger partial charge in [0.05, 0.1) is 5.25 Å². The predicted octanol–water partition coefficient (Wildman–Crippen LogP) is 0.119. The Morgan fingerprint density at radius 3 is 2.19 bits per heavy atom. The molecular formula is C12H25N3O4S2. The van der Waals surface area contributed by atoms with Crippen molar-refractivity contribution in [2.45, 2.75) is 49.8 Å². The van der Waals surface area contributed by atoms with E-state index < -0.39 is 25.5 Å². The van der Waals surface area contributed by atoms with E-state index in [1.807, 2.05) is 0 Å². The molecule has 2 aliphatic rings. The molecule has 7 nitrogen and oxygen atoms in total. The monoisotopic (exact) mass is 339 g/mol. The van der Waals surface area contributed by atoms with Crippen LogP contribution in [0.5, 0.6) is 0 Å². The first-order valence-corrected chi connectivity index (χ1v) is 10.4. The number of nitrogens with zero attached hydrogens (tertiary/aromatic N) is 2. The second-order valence-corrected chi connectivity index (χ2v) is 10.2. The summed E-state index contributed by atoms with van der Waals surface area (Å²) in [5.41, 5.74) is 0. The minimum absolute atomic E-state index is 0.0239. The highest BCUT2D eigenvalue weighted by Gasteiger charge is 2.37. The molecule has 0 radical (unpaired) electrons. The Morgan fingerprint density at radius 1 is 1.00 bits per heavy atom. The van der Waals surface area contributed by atoms with Crippen LogP contribution >= 0.6 is 0 Å². The zero-order valence-corrected chi connectivity index (χ0v) is 14.3. The van der Waals surface area contributed by atoms with Gasteiger partial charge < -0.3 is 0 Å². The van der Waals surface area contributed by atoms with Crippen LogP contribution < -0.4 is 4.72 Å². The number of sulfonamides is 1. The van der Waals surface area contributed by atoms with E-state index in [-0.39, 0.29) is 12.6 Å². The minimum atomic E-state index is -3.55. The van der Waals surface area contributed by atoms with Crippen molar-refractivity contribution in [3.63, 3.8) is 0 Å². The number of hydrogen-bond donors (Lipinski definition) is 1. The van der Waals surface area contributed by atoms with E-state index in [4.69, 9.17) is 0 Å². The van der Waals surface area contributed by atoms with Crippen molar-refractivity contribution in [1.29, 1.82) is 0 Å². The van der Waals surface area contributed by atoms with Crippen LogP contribution in [0, 0.1) is 0 Å². The Morgan fingerprint density at radius 2 is 1.62 bits per heavy atom. The topological polar surface area (TPSA) is 86.8 Å². The zero-order chi connectivity index (χ0) is 15.7. The van der Waals surface area contributed by atoms with Crippen molar-refractivity contribution in [2.75, 3.05) is 27.2 Å². The fourth-order valence-corrected chi connectivity index (χ4v) is 6.00. The maximum atomic E-state index is 12.4. The normalized spacial score (nSPS) is 26.5. The average molecular weight is 339 g/mol. The summed E-state index contributed by atoms with van der Waals surface area (Å²) < 4.78 is 54.3. The molecule has 2 rings (SSSR count). The summed E-state index contributed by atoms with van der Waals surface area (Å²) in [4.78, 5) is 0. The maximum Gasteiger partial charge on any atom is 0.281 e. The van der Waals surface area contributed by atoms with Gasteiger partial charge in [-0.05, 0) is 25.7 Å². The van der Waals surface area contributed by atoms with Crippen LogP contribution in [0.1, 0.15) is 38.5 Å². The lowest BCUT2D eigenvalue weighted by Gasteiger charge is -2.33. The zero-order valence-electron chi connectivity index (χ0n) is 12.7. The van der Waals surface area contributed by atoms with Crippen molar-refractivity contribution >= 4 is 20.2 Å². The molecule has 2 fully saturated rings. The smallest absolute Gasteiger partial charge is 0.212 e. The van der Waals surface area contributed by atoms with Crippen LogP contribution in [0.2, 0.25) is 0 Å². The molecule has 0 amide bonds.